The highest BCUT2D eigenvalue weighted by molar-refractivity contribution is 5.96. The van der Waals surface area contributed by atoms with E-state index in [4.69, 9.17) is 9.57 Å². The molecular formula is C19H22N2O2. The van der Waals surface area contributed by atoms with Gasteiger partial charge < -0.3 is 14.9 Å². The molecule has 1 heterocycles. The standard InChI is InChI=1S/C19H22N2O2/c1-20-11-12-22-21-18-15-9-5-6-10-17(15)23-19(13-16(18)19)14-7-3-2-4-8-14/h2-8,10,15-16,20H,9,11-13H2,1H3. The number of hydrogen-bond acceptors (Lipinski definition) is 4. The molecule has 0 radical (unpaired) electrons. The van der Waals surface area contributed by atoms with E-state index in [0.717, 1.165) is 30.9 Å². The van der Waals surface area contributed by atoms with Crippen LogP contribution in [0.3, 0.4) is 0 Å². The third-order valence-corrected chi connectivity index (χ3v) is 4.91. The highest BCUT2D eigenvalue weighted by Crippen LogP contribution is 2.62. The first kappa shape index (κ1) is 14.5. The summed E-state index contributed by atoms with van der Waals surface area (Å²) in [7, 11) is 1.92. The molecule has 1 saturated heterocycles. The number of rotatable bonds is 5. The van der Waals surface area contributed by atoms with Crippen LogP contribution in [-0.4, -0.2) is 25.9 Å². The monoisotopic (exact) mass is 310 g/mol. The molecule has 1 saturated carbocycles. The van der Waals surface area contributed by atoms with Crippen LogP contribution >= 0.6 is 0 Å². The van der Waals surface area contributed by atoms with Crippen LogP contribution in [0.15, 0.2) is 59.5 Å². The molecule has 4 nitrogen and oxygen atoms in total. The van der Waals surface area contributed by atoms with Crippen molar-refractivity contribution >= 4 is 5.71 Å². The molecule has 1 aromatic rings. The fourth-order valence-electron chi connectivity index (χ4n) is 3.63. The van der Waals surface area contributed by atoms with E-state index < -0.39 is 0 Å². The SMILES string of the molecule is CNCCON=C1C2CC=CC=C2OC2(c3ccccc3)CC12. The second kappa shape index (κ2) is 5.85. The lowest BCUT2D eigenvalue weighted by molar-refractivity contribution is 0.0549. The first-order chi connectivity index (χ1) is 11.3. The van der Waals surface area contributed by atoms with Crippen LogP contribution in [0.25, 0.3) is 0 Å². The summed E-state index contributed by atoms with van der Waals surface area (Å²) in [6.45, 7) is 1.39. The van der Waals surface area contributed by atoms with E-state index >= 15 is 0 Å². The first-order valence-electron chi connectivity index (χ1n) is 8.31. The van der Waals surface area contributed by atoms with Gasteiger partial charge in [0.1, 0.15) is 18.0 Å². The number of nitrogens with one attached hydrogen (secondary N) is 1. The van der Waals surface area contributed by atoms with Crippen molar-refractivity contribution in [1.82, 2.24) is 5.32 Å². The minimum atomic E-state index is -0.236. The largest absolute Gasteiger partial charge is 0.485 e. The number of nitrogens with zero attached hydrogens (tertiary/aromatic N) is 1. The molecule has 4 heteroatoms. The van der Waals surface area contributed by atoms with Gasteiger partial charge in [-0.25, -0.2) is 0 Å². The number of oxime groups is 1. The summed E-state index contributed by atoms with van der Waals surface area (Å²) in [5.41, 5.74) is 2.15. The predicted molar refractivity (Wildman–Crippen MR) is 90.0 cm³/mol. The van der Waals surface area contributed by atoms with Gasteiger partial charge >= 0.3 is 0 Å². The predicted octanol–water partition coefficient (Wildman–Crippen LogP) is 2.98. The molecule has 0 spiro atoms. The van der Waals surface area contributed by atoms with Crippen LogP contribution < -0.4 is 5.32 Å². The smallest absolute Gasteiger partial charge is 0.143 e. The molecule has 2 aliphatic carbocycles. The highest BCUT2D eigenvalue weighted by atomic mass is 16.6. The summed E-state index contributed by atoms with van der Waals surface area (Å²) in [5, 5.41) is 7.60. The fraction of sp³-hybridized carbons (Fsp3) is 0.421. The second-order valence-corrected chi connectivity index (χ2v) is 6.35. The van der Waals surface area contributed by atoms with Gasteiger partial charge in [0.2, 0.25) is 0 Å². The van der Waals surface area contributed by atoms with E-state index in [-0.39, 0.29) is 11.5 Å². The molecule has 1 aromatic carbocycles. The Hall–Kier alpha value is -2.07. The minimum Gasteiger partial charge on any atom is -0.485 e. The van der Waals surface area contributed by atoms with E-state index in [9.17, 15) is 0 Å². The van der Waals surface area contributed by atoms with E-state index in [1.165, 1.54) is 5.56 Å². The third-order valence-electron chi connectivity index (χ3n) is 4.91. The Labute approximate surface area is 136 Å². The molecule has 4 rings (SSSR count). The van der Waals surface area contributed by atoms with E-state index in [2.05, 4.69) is 53.0 Å². The lowest BCUT2D eigenvalue weighted by Gasteiger charge is -2.34. The number of ether oxygens (including phenoxy) is 1. The van der Waals surface area contributed by atoms with Gasteiger partial charge in [0.05, 0.1) is 11.6 Å². The summed E-state index contributed by atoms with van der Waals surface area (Å²) in [6, 6.07) is 10.5. The molecule has 1 N–H and O–H groups in total. The Morgan fingerprint density at radius 2 is 2.22 bits per heavy atom. The fourth-order valence-corrected chi connectivity index (χ4v) is 3.63. The number of fused-ring (bicyclic) bond motifs is 2. The maximum absolute atomic E-state index is 6.46. The molecule has 23 heavy (non-hydrogen) atoms. The van der Waals surface area contributed by atoms with Crippen LogP contribution in [0.2, 0.25) is 0 Å². The van der Waals surface area contributed by atoms with Gasteiger partial charge in [-0.1, -0.05) is 47.6 Å². The molecule has 3 aliphatic rings. The summed E-state index contributed by atoms with van der Waals surface area (Å²) >= 11 is 0. The second-order valence-electron chi connectivity index (χ2n) is 6.35. The Kier molecular flexibility index (Phi) is 3.69. The average molecular weight is 310 g/mol. The van der Waals surface area contributed by atoms with Gasteiger partial charge in [-0.15, -0.1) is 0 Å². The maximum atomic E-state index is 6.46. The lowest BCUT2D eigenvalue weighted by Crippen LogP contribution is -2.34. The molecule has 0 bridgehead atoms. The van der Waals surface area contributed by atoms with Gasteiger partial charge in [-0.2, -0.15) is 0 Å². The zero-order valence-electron chi connectivity index (χ0n) is 13.4. The normalized spacial score (nSPS) is 32.6. The number of hydrogen-bond donors (Lipinski definition) is 1. The lowest BCUT2D eigenvalue weighted by atomic mass is 9.86. The molecule has 2 fully saturated rings. The molecule has 0 aromatic heterocycles. The van der Waals surface area contributed by atoms with Gasteiger partial charge in [0, 0.05) is 18.9 Å². The van der Waals surface area contributed by atoms with E-state index in [1.54, 1.807) is 0 Å². The van der Waals surface area contributed by atoms with Gasteiger partial charge in [0.25, 0.3) is 0 Å². The van der Waals surface area contributed by atoms with E-state index in [0.29, 0.717) is 12.5 Å². The zero-order valence-corrected chi connectivity index (χ0v) is 13.4. The van der Waals surface area contributed by atoms with Crippen LogP contribution in [0.4, 0.5) is 0 Å². The Balaban J connectivity index is 1.64. The van der Waals surface area contributed by atoms with Crippen molar-refractivity contribution in [3.63, 3.8) is 0 Å². The van der Waals surface area contributed by atoms with Crippen LogP contribution in [0.1, 0.15) is 18.4 Å². The summed E-state index contributed by atoms with van der Waals surface area (Å²) in [6.07, 6.45) is 8.27. The number of likely N-dealkylation sites (N-methyl/N-ethyl adjacent to an activating group) is 1. The molecular weight excluding hydrogens is 288 g/mol. The van der Waals surface area contributed by atoms with Crippen LogP contribution in [0.5, 0.6) is 0 Å². The van der Waals surface area contributed by atoms with Gasteiger partial charge in [0.15, 0.2) is 0 Å². The molecule has 0 amide bonds. The van der Waals surface area contributed by atoms with Crippen molar-refractivity contribution in [2.75, 3.05) is 20.2 Å². The molecule has 120 valence electrons. The molecule has 3 atom stereocenters. The first-order valence-corrected chi connectivity index (χ1v) is 8.31. The zero-order chi connectivity index (χ0) is 15.7. The molecule has 3 unspecified atom stereocenters. The summed E-state index contributed by atoms with van der Waals surface area (Å²) in [5.74, 6) is 1.59. The van der Waals surface area contributed by atoms with Crippen LogP contribution in [-0.2, 0) is 15.2 Å². The third kappa shape index (κ3) is 2.47. The Morgan fingerprint density at radius 1 is 1.35 bits per heavy atom. The summed E-state index contributed by atoms with van der Waals surface area (Å²) < 4.78 is 6.46. The van der Waals surface area contributed by atoms with Crippen molar-refractivity contribution < 1.29 is 9.57 Å². The van der Waals surface area contributed by atoms with Crippen molar-refractivity contribution in [2.24, 2.45) is 17.0 Å². The van der Waals surface area contributed by atoms with Crippen molar-refractivity contribution in [3.05, 3.63) is 59.9 Å². The number of allylic oxidation sites excluding steroid dienone is 4. The number of benzene rings is 1. The quantitative estimate of drug-likeness (QED) is 0.671. The van der Waals surface area contributed by atoms with Gasteiger partial charge in [-0.05, 0) is 25.1 Å². The highest BCUT2D eigenvalue weighted by Gasteiger charge is 2.65. The average Bonchev–Trinajstić information content (AvgIpc) is 3.34. The topological polar surface area (TPSA) is 42.8 Å². The van der Waals surface area contributed by atoms with Crippen molar-refractivity contribution in [3.8, 4) is 0 Å². The van der Waals surface area contributed by atoms with Gasteiger partial charge in [-0.3, -0.25) is 0 Å². The Bertz CT molecular complexity index is 665. The summed E-state index contributed by atoms with van der Waals surface area (Å²) in [4.78, 5) is 5.56. The maximum Gasteiger partial charge on any atom is 0.143 e. The van der Waals surface area contributed by atoms with Crippen LogP contribution in [0, 0.1) is 11.8 Å². The van der Waals surface area contributed by atoms with Crippen molar-refractivity contribution in [2.45, 2.75) is 18.4 Å². The van der Waals surface area contributed by atoms with Crippen molar-refractivity contribution in [1.29, 1.82) is 0 Å². The van der Waals surface area contributed by atoms with E-state index in [1.807, 2.05) is 13.1 Å². The minimum absolute atomic E-state index is 0.235. The molecule has 1 aliphatic heterocycles. The Morgan fingerprint density at radius 3 is 3.04 bits per heavy atom.